The molecule has 0 aliphatic heterocycles. The summed E-state index contributed by atoms with van der Waals surface area (Å²) in [6.07, 6.45) is 2.68. The second kappa shape index (κ2) is 9.10. The Morgan fingerprint density at radius 3 is 2.76 bits per heavy atom. The first-order chi connectivity index (χ1) is 9.97. The minimum absolute atomic E-state index is 0.163. The number of halogens is 2. The van der Waals surface area contributed by atoms with Crippen LogP contribution in [0.3, 0.4) is 0 Å². The molecule has 0 radical (unpaired) electrons. The van der Waals surface area contributed by atoms with Gasteiger partial charge in [0.25, 0.3) is 0 Å². The van der Waals surface area contributed by atoms with E-state index in [2.05, 4.69) is 28.2 Å². The standard InChI is InChI=1S/C15H19BrFNO2S/c1-3-5-6-20-15(21)8-10-7-13(18-14(19)4-2)12(17)9-11(10)16/h7,9H,3-6,8H2,1-2H3,(H,18,19). The van der Waals surface area contributed by atoms with Crippen LogP contribution in [0.1, 0.15) is 38.7 Å². The highest BCUT2D eigenvalue weighted by atomic mass is 79.9. The molecule has 0 aliphatic rings. The van der Waals surface area contributed by atoms with E-state index in [1.165, 1.54) is 6.07 Å². The monoisotopic (exact) mass is 375 g/mol. The van der Waals surface area contributed by atoms with Crippen molar-refractivity contribution < 1.29 is 13.9 Å². The summed E-state index contributed by atoms with van der Waals surface area (Å²) in [4.78, 5) is 11.4. The topological polar surface area (TPSA) is 38.3 Å². The summed E-state index contributed by atoms with van der Waals surface area (Å²) in [7, 11) is 0. The summed E-state index contributed by atoms with van der Waals surface area (Å²) < 4.78 is 19.9. The van der Waals surface area contributed by atoms with E-state index in [4.69, 9.17) is 17.0 Å². The van der Waals surface area contributed by atoms with Crippen LogP contribution in [0.5, 0.6) is 0 Å². The van der Waals surface area contributed by atoms with Crippen LogP contribution in [0, 0.1) is 5.82 Å². The van der Waals surface area contributed by atoms with Crippen LogP contribution in [0.15, 0.2) is 16.6 Å². The normalized spacial score (nSPS) is 10.3. The summed E-state index contributed by atoms with van der Waals surface area (Å²) in [5, 5.41) is 3.00. The highest BCUT2D eigenvalue weighted by Gasteiger charge is 2.12. The van der Waals surface area contributed by atoms with Crippen LogP contribution in [-0.2, 0) is 16.0 Å². The summed E-state index contributed by atoms with van der Waals surface area (Å²) in [5.74, 6) is -0.714. The lowest BCUT2D eigenvalue weighted by atomic mass is 10.1. The molecule has 0 aliphatic carbocycles. The number of carbonyl (C=O) groups is 1. The predicted octanol–water partition coefficient (Wildman–Crippen LogP) is 4.62. The molecule has 1 N–H and O–H groups in total. The molecule has 0 atom stereocenters. The lowest BCUT2D eigenvalue weighted by molar-refractivity contribution is -0.115. The molecule has 0 spiro atoms. The van der Waals surface area contributed by atoms with Crippen LogP contribution < -0.4 is 5.32 Å². The number of anilines is 1. The average Bonchev–Trinajstić information content (AvgIpc) is 2.44. The molecule has 0 fully saturated rings. The van der Waals surface area contributed by atoms with Crippen molar-refractivity contribution in [1.29, 1.82) is 0 Å². The quantitative estimate of drug-likeness (QED) is 0.557. The number of hydrogen-bond acceptors (Lipinski definition) is 3. The Morgan fingerprint density at radius 2 is 2.14 bits per heavy atom. The Morgan fingerprint density at radius 1 is 1.43 bits per heavy atom. The molecule has 1 rings (SSSR count). The first kappa shape index (κ1) is 18.0. The third kappa shape index (κ3) is 6.09. The van der Waals surface area contributed by atoms with Gasteiger partial charge in [-0.05, 0) is 36.3 Å². The van der Waals surface area contributed by atoms with Gasteiger partial charge in [-0.3, -0.25) is 4.79 Å². The molecule has 1 aromatic rings. The summed E-state index contributed by atoms with van der Waals surface area (Å²) in [6, 6.07) is 2.91. The van der Waals surface area contributed by atoms with Crippen molar-refractivity contribution in [1.82, 2.24) is 0 Å². The third-order valence-corrected chi connectivity index (χ3v) is 3.83. The van der Waals surface area contributed by atoms with Crippen LogP contribution in [-0.4, -0.2) is 17.6 Å². The van der Waals surface area contributed by atoms with Gasteiger partial charge in [0.1, 0.15) is 5.82 Å². The zero-order chi connectivity index (χ0) is 15.8. The Balaban J connectivity index is 2.79. The minimum atomic E-state index is -0.481. The molecule has 0 heterocycles. The minimum Gasteiger partial charge on any atom is -0.487 e. The number of carbonyl (C=O) groups excluding carboxylic acids is 1. The van der Waals surface area contributed by atoms with Gasteiger partial charge < -0.3 is 10.1 Å². The van der Waals surface area contributed by atoms with E-state index in [1.807, 2.05) is 0 Å². The Bertz CT molecular complexity index is 523. The van der Waals surface area contributed by atoms with Crippen LogP contribution >= 0.6 is 28.1 Å². The zero-order valence-electron chi connectivity index (χ0n) is 12.2. The molecule has 0 saturated heterocycles. The summed E-state index contributed by atoms with van der Waals surface area (Å²) in [5.41, 5.74) is 0.945. The van der Waals surface area contributed by atoms with Crippen molar-refractivity contribution in [2.45, 2.75) is 39.5 Å². The fourth-order valence-corrected chi connectivity index (χ4v) is 2.30. The molecular weight excluding hydrogens is 357 g/mol. The van der Waals surface area contributed by atoms with Crippen molar-refractivity contribution in [3.8, 4) is 0 Å². The molecule has 6 heteroatoms. The van der Waals surface area contributed by atoms with Crippen LogP contribution in [0.25, 0.3) is 0 Å². The summed E-state index contributed by atoms with van der Waals surface area (Å²) in [6.45, 7) is 4.38. The second-order valence-corrected chi connectivity index (χ2v) is 5.89. The largest absolute Gasteiger partial charge is 0.487 e. The van der Waals surface area contributed by atoms with Crippen LogP contribution in [0.2, 0.25) is 0 Å². The number of ether oxygens (including phenoxy) is 1. The molecule has 0 aromatic heterocycles. The Kier molecular flexibility index (Phi) is 7.82. The molecule has 3 nitrogen and oxygen atoms in total. The molecule has 21 heavy (non-hydrogen) atoms. The number of benzene rings is 1. The highest BCUT2D eigenvalue weighted by Crippen LogP contribution is 2.25. The number of unbranched alkanes of at least 4 members (excludes halogenated alkanes) is 1. The third-order valence-electron chi connectivity index (χ3n) is 2.83. The molecule has 0 unspecified atom stereocenters. The van der Waals surface area contributed by atoms with Gasteiger partial charge in [0.15, 0.2) is 5.05 Å². The van der Waals surface area contributed by atoms with E-state index >= 15 is 0 Å². The van der Waals surface area contributed by atoms with Gasteiger partial charge in [-0.1, -0.05) is 36.2 Å². The van der Waals surface area contributed by atoms with E-state index in [0.717, 1.165) is 18.4 Å². The number of rotatable bonds is 7. The number of thiocarbonyl (C=S) groups is 1. The van der Waals surface area contributed by atoms with E-state index in [9.17, 15) is 9.18 Å². The van der Waals surface area contributed by atoms with E-state index in [1.54, 1.807) is 13.0 Å². The molecule has 1 aromatic carbocycles. The molecule has 0 saturated carbocycles. The van der Waals surface area contributed by atoms with Gasteiger partial charge in [0, 0.05) is 17.3 Å². The van der Waals surface area contributed by atoms with Gasteiger partial charge in [-0.25, -0.2) is 4.39 Å². The van der Waals surface area contributed by atoms with Crippen molar-refractivity contribution in [2.24, 2.45) is 0 Å². The predicted molar refractivity (Wildman–Crippen MR) is 90.2 cm³/mol. The Labute approximate surface area is 138 Å². The van der Waals surface area contributed by atoms with Crippen molar-refractivity contribution in [2.75, 3.05) is 11.9 Å². The van der Waals surface area contributed by atoms with Gasteiger partial charge in [0.2, 0.25) is 5.91 Å². The maximum absolute atomic E-state index is 13.8. The fraction of sp³-hybridized carbons (Fsp3) is 0.467. The van der Waals surface area contributed by atoms with Gasteiger partial charge in [-0.15, -0.1) is 0 Å². The Hall–Kier alpha value is -1.01. The molecule has 1 amide bonds. The van der Waals surface area contributed by atoms with E-state index < -0.39 is 5.82 Å². The van der Waals surface area contributed by atoms with Crippen molar-refractivity contribution in [3.05, 3.63) is 28.0 Å². The van der Waals surface area contributed by atoms with Crippen molar-refractivity contribution in [3.63, 3.8) is 0 Å². The van der Waals surface area contributed by atoms with E-state index in [0.29, 0.717) is 29.0 Å². The average molecular weight is 376 g/mol. The van der Waals surface area contributed by atoms with Crippen molar-refractivity contribution >= 4 is 44.8 Å². The highest BCUT2D eigenvalue weighted by molar-refractivity contribution is 9.10. The number of hydrogen-bond donors (Lipinski definition) is 1. The van der Waals surface area contributed by atoms with Gasteiger partial charge in [0.05, 0.1) is 12.3 Å². The zero-order valence-corrected chi connectivity index (χ0v) is 14.6. The SMILES string of the molecule is CCCCOC(=S)Cc1cc(NC(=O)CC)c(F)cc1Br. The second-order valence-electron chi connectivity index (χ2n) is 4.58. The number of amides is 1. The van der Waals surface area contributed by atoms with Gasteiger partial charge >= 0.3 is 0 Å². The fourth-order valence-electron chi connectivity index (χ4n) is 1.60. The lowest BCUT2D eigenvalue weighted by Crippen LogP contribution is -2.12. The first-order valence-corrected chi connectivity index (χ1v) is 8.11. The first-order valence-electron chi connectivity index (χ1n) is 6.91. The molecule has 0 bridgehead atoms. The maximum Gasteiger partial charge on any atom is 0.224 e. The van der Waals surface area contributed by atoms with E-state index in [-0.39, 0.29) is 11.6 Å². The maximum atomic E-state index is 13.8. The molecular formula is C15H19BrFNO2S. The van der Waals surface area contributed by atoms with Gasteiger partial charge in [-0.2, -0.15) is 0 Å². The smallest absolute Gasteiger partial charge is 0.224 e. The summed E-state index contributed by atoms with van der Waals surface area (Å²) >= 11 is 8.48. The van der Waals surface area contributed by atoms with Crippen LogP contribution in [0.4, 0.5) is 10.1 Å². The lowest BCUT2D eigenvalue weighted by Gasteiger charge is -2.12. The number of nitrogens with one attached hydrogen (secondary N) is 1. The molecule has 116 valence electrons.